The monoisotopic (exact) mass is 831 g/mol. The molecular weight excluding hydrogens is 759 g/mol. The van der Waals surface area contributed by atoms with Gasteiger partial charge in [0, 0.05) is 22.5 Å². The SMILES string of the molecule is [2H]c1c([2H])c([2H])c(C2(c3c([2H])c([2H])c([2H])c([2H])c3[2H])c3c([2H])c([2H])c([2H])c([2H])c3-c3c(-c4c(-c5c([2H])c([2H])c(N(c6ccccc6)c6ccc7c(c6)C(C)(C)c6ccccc6-7)c([2H])c5[2H])c([2H])c([2H])c5c([2H])c([2H])c([2H])c([2H])c45)c([2H])c([2H])c([2H])c32)c([2H])c1[2H]. The minimum atomic E-state index is -3.34. The summed E-state index contributed by atoms with van der Waals surface area (Å²) in [7, 11) is 0. The maximum absolute atomic E-state index is 10.1. The van der Waals surface area contributed by atoms with Gasteiger partial charge in [0.25, 0.3) is 0 Å². The van der Waals surface area contributed by atoms with E-state index in [-0.39, 0.29) is 5.69 Å². The van der Waals surface area contributed by atoms with Crippen molar-refractivity contribution in [1.82, 2.24) is 0 Å². The Kier molecular flexibility index (Phi) is 4.29. The van der Waals surface area contributed by atoms with Crippen molar-refractivity contribution >= 4 is 27.8 Å². The molecule has 0 atom stereocenters. The highest BCUT2D eigenvalue weighted by molar-refractivity contribution is 6.09. The highest BCUT2D eigenvalue weighted by Gasteiger charge is 2.47. The second kappa shape index (κ2) is 14.4. The molecule has 0 saturated carbocycles. The Bertz CT molecular complexity index is 4800. The summed E-state index contributed by atoms with van der Waals surface area (Å²) in [5.41, 5.74) is -9.08. The van der Waals surface area contributed by atoms with Crippen LogP contribution in [0.15, 0.2) is 236 Å². The number of benzene rings is 10. The number of hydrogen-bond donors (Lipinski definition) is 0. The van der Waals surface area contributed by atoms with Crippen LogP contribution < -0.4 is 4.90 Å². The molecule has 2 aliphatic carbocycles. The first-order valence-corrected chi connectivity index (χ1v) is 19.9. The summed E-state index contributed by atoms with van der Waals surface area (Å²) >= 11 is 0. The van der Waals surface area contributed by atoms with Crippen molar-refractivity contribution in [2.24, 2.45) is 0 Å². The quantitative estimate of drug-likeness (QED) is 0.155. The third-order valence-corrected chi connectivity index (χ3v) is 12.0. The molecule has 0 saturated heterocycles. The van der Waals surface area contributed by atoms with Crippen LogP contribution in [0.4, 0.5) is 17.1 Å². The van der Waals surface area contributed by atoms with Crippen LogP contribution in [0.25, 0.3) is 55.3 Å². The number of rotatable bonds is 7. The molecular formula is C62H45N. The Balaban J connectivity index is 1.31. The molecule has 10 aromatic carbocycles. The molecule has 2 aliphatic rings. The summed E-state index contributed by atoms with van der Waals surface area (Å²) in [6, 6.07) is -7.13. The van der Waals surface area contributed by atoms with E-state index in [0.29, 0.717) is 11.4 Å². The largest absolute Gasteiger partial charge is 0.310 e. The first-order valence-electron chi connectivity index (χ1n) is 33.4. The van der Waals surface area contributed by atoms with E-state index in [1.165, 1.54) is 4.90 Å². The lowest BCUT2D eigenvalue weighted by atomic mass is 9.67. The lowest BCUT2D eigenvalue weighted by Gasteiger charge is -2.34. The van der Waals surface area contributed by atoms with Crippen LogP contribution in [0.1, 0.15) is 84.2 Å². The Morgan fingerprint density at radius 1 is 0.381 bits per heavy atom. The van der Waals surface area contributed by atoms with Crippen molar-refractivity contribution in [1.29, 1.82) is 0 Å². The first kappa shape index (κ1) is 18.7. The van der Waals surface area contributed by atoms with Crippen molar-refractivity contribution in [3.8, 4) is 44.5 Å². The van der Waals surface area contributed by atoms with Crippen LogP contribution in [0.3, 0.4) is 0 Å². The molecule has 12 rings (SSSR count). The standard InChI is InChI=1S/C62H45N/c1-61(2)55-30-16-14-27-51(55)52-40-38-48(41-58(52)61)63(46-24-10-5-11-25-46)47-36-33-43(34-37-47)50-39-35-42-19-12-13-26-49(42)59(50)54-29-18-32-57-60(54)53-28-15-17-31-56(53)62(57,44-20-6-3-7-21-44)45-22-8-4-9-23-45/h3-41H,1-2H3/i3D,4D,6D,7D,8D,9D,12D,13D,15D,17D,18D,19D,20D,21D,22D,23D,26D,28D,29D,31D,32D,33D,34D,35D,36D,37D,39D. The van der Waals surface area contributed by atoms with Crippen LogP contribution in [-0.2, 0) is 10.8 Å². The van der Waals surface area contributed by atoms with E-state index in [1.54, 1.807) is 36.4 Å². The van der Waals surface area contributed by atoms with E-state index in [2.05, 4.69) is 0 Å². The minimum Gasteiger partial charge on any atom is -0.310 e. The predicted octanol–water partition coefficient (Wildman–Crippen LogP) is 16.3. The van der Waals surface area contributed by atoms with E-state index in [4.69, 9.17) is 11.0 Å². The Hall–Kier alpha value is -7.74. The molecule has 0 aliphatic heterocycles. The zero-order valence-corrected chi connectivity index (χ0v) is 33.4. The molecule has 0 aromatic heterocycles. The van der Waals surface area contributed by atoms with Crippen LogP contribution in [-0.4, -0.2) is 0 Å². The molecule has 298 valence electrons. The average Bonchev–Trinajstić information content (AvgIpc) is 1.45. The van der Waals surface area contributed by atoms with Crippen molar-refractivity contribution in [3.63, 3.8) is 0 Å². The maximum atomic E-state index is 10.1. The lowest BCUT2D eigenvalue weighted by Crippen LogP contribution is -2.28. The van der Waals surface area contributed by atoms with Crippen LogP contribution in [0.2, 0.25) is 0 Å². The van der Waals surface area contributed by atoms with E-state index in [1.807, 2.05) is 50.2 Å². The predicted molar refractivity (Wildman–Crippen MR) is 264 cm³/mol. The number of para-hydroxylation sites is 1. The summed E-state index contributed by atoms with van der Waals surface area (Å²) in [4.78, 5) is 1.49. The Morgan fingerprint density at radius 3 is 1.79 bits per heavy atom. The summed E-state index contributed by atoms with van der Waals surface area (Å²) in [6.45, 7) is 4.08. The Labute approximate surface area is 408 Å². The number of hydrogen-bond acceptors (Lipinski definition) is 1. The number of nitrogens with zero attached hydrogens (tertiary/aromatic N) is 1. The van der Waals surface area contributed by atoms with Crippen molar-refractivity contribution in [2.45, 2.75) is 24.7 Å². The van der Waals surface area contributed by atoms with Gasteiger partial charge in [-0.3, -0.25) is 0 Å². The van der Waals surface area contributed by atoms with Gasteiger partial charge in [0.2, 0.25) is 0 Å². The average molecular weight is 831 g/mol. The van der Waals surface area contributed by atoms with Gasteiger partial charge >= 0.3 is 0 Å². The molecule has 1 nitrogen and oxygen atoms in total. The smallest absolute Gasteiger partial charge is 0.0713 e. The van der Waals surface area contributed by atoms with Gasteiger partial charge in [-0.05, 0) is 125 Å². The fraction of sp³-hybridized carbons (Fsp3) is 0.0645. The molecule has 0 spiro atoms. The first-order chi connectivity index (χ1) is 42.3. The zero-order chi connectivity index (χ0) is 65.6. The summed E-state index contributed by atoms with van der Waals surface area (Å²) in [6.07, 6.45) is 0. The van der Waals surface area contributed by atoms with Crippen molar-refractivity contribution in [2.75, 3.05) is 4.90 Å². The van der Waals surface area contributed by atoms with E-state index < -0.39 is 240 Å². The summed E-state index contributed by atoms with van der Waals surface area (Å²) in [5.74, 6) is 0. The van der Waals surface area contributed by atoms with Crippen LogP contribution in [0, 0.1) is 0 Å². The van der Waals surface area contributed by atoms with E-state index >= 15 is 0 Å². The molecule has 63 heavy (non-hydrogen) atoms. The highest BCUT2D eigenvalue weighted by Crippen LogP contribution is 2.59. The fourth-order valence-electron chi connectivity index (χ4n) is 9.23. The second-order valence-electron chi connectivity index (χ2n) is 15.5. The van der Waals surface area contributed by atoms with Gasteiger partial charge in [-0.25, -0.2) is 0 Å². The second-order valence-corrected chi connectivity index (χ2v) is 15.5. The fourth-order valence-corrected chi connectivity index (χ4v) is 9.23. The molecule has 1 heteroatoms. The molecule has 0 bridgehead atoms. The third kappa shape index (κ3) is 5.56. The summed E-state index contributed by atoms with van der Waals surface area (Å²) < 4.78 is 256. The molecule has 0 radical (unpaired) electrons. The highest BCUT2D eigenvalue weighted by atomic mass is 15.1. The molecule has 0 N–H and O–H groups in total. The number of fused-ring (bicyclic) bond motifs is 7. The van der Waals surface area contributed by atoms with Gasteiger partial charge in [0.05, 0.1) is 42.4 Å². The Morgan fingerprint density at radius 2 is 1.02 bits per heavy atom. The van der Waals surface area contributed by atoms with Crippen LogP contribution >= 0.6 is 0 Å². The van der Waals surface area contributed by atoms with E-state index in [9.17, 15) is 26.0 Å². The van der Waals surface area contributed by atoms with E-state index in [0.717, 1.165) is 22.3 Å². The van der Waals surface area contributed by atoms with Gasteiger partial charge in [0.1, 0.15) is 0 Å². The zero-order valence-electron chi connectivity index (χ0n) is 60.4. The third-order valence-electron chi connectivity index (χ3n) is 12.0. The van der Waals surface area contributed by atoms with Gasteiger partial charge in [-0.1, -0.05) is 213 Å². The maximum Gasteiger partial charge on any atom is 0.0713 e. The molecule has 0 unspecified atom stereocenters. The van der Waals surface area contributed by atoms with Gasteiger partial charge in [0.15, 0.2) is 0 Å². The minimum absolute atomic E-state index is 0.351. The summed E-state index contributed by atoms with van der Waals surface area (Å²) in [5, 5.41) is -1.57. The lowest BCUT2D eigenvalue weighted by molar-refractivity contribution is 0.660. The molecule has 0 fully saturated rings. The van der Waals surface area contributed by atoms with Gasteiger partial charge < -0.3 is 4.90 Å². The van der Waals surface area contributed by atoms with Crippen LogP contribution in [0.5, 0.6) is 0 Å². The number of anilines is 3. The molecule has 0 amide bonds. The topological polar surface area (TPSA) is 3.24 Å². The molecule has 10 aromatic rings. The molecule has 0 heterocycles. The van der Waals surface area contributed by atoms with Gasteiger partial charge in [-0.15, -0.1) is 0 Å². The van der Waals surface area contributed by atoms with Crippen molar-refractivity contribution in [3.05, 3.63) is 269 Å². The normalized spacial score (nSPS) is 19.8. The van der Waals surface area contributed by atoms with Gasteiger partial charge in [-0.2, -0.15) is 0 Å². The van der Waals surface area contributed by atoms with Crippen molar-refractivity contribution < 1.29 is 37.0 Å².